The van der Waals surface area contributed by atoms with Crippen molar-refractivity contribution < 1.29 is 0 Å². The summed E-state index contributed by atoms with van der Waals surface area (Å²) in [4.78, 5) is 0. The van der Waals surface area contributed by atoms with Gasteiger partial charge in [-0.1, -0.05) is 33.6 Å². The molecule has 0 nitrogen and oxygen atoms in total. The van der Waals surface area contributed by atoms with E-state index < -0.39 is 0 Å². The molecule has 0 aromatic rings. The van der Waals surface area contributed by atoms with Gasteiger partial charge in [-0.25, -0.2) is 0 Å². The van der Waals surface area contributed by atoms with Crippen LogP contribution in [0.1, 0.15) is 59.3 Å². The van der Waals surface area contributed by atoms with Gasteiger partial charge in [0.25, 0.3) is 0 Å². The molecule has 0 N–H and O–H groups in total. The second kappa shape index (κ2) is 6.12. The van der Waals surface area contributed by atoms with Crippen LogP contribution in [0, 0.1) is 29.6 Å². The first kappa shape index (κ1) is 11.6. The number of hydrogen-bond acceptors (Lipinski definition) is 0. The first-order valence-corrected chi connectivity index (χ1v) is 6.23. The molecule has 0 aromatic carbocycles. The molecule has 0 bridgehead atoms. The predicted molar refractivity (Wildman–Crippen MR) is 63.0 cm³/mol. The second-order valence-corrected chi connectivity index (χ2v) is 4.76. The summed E-state index contributed by atoms with van der Waals surface area (Å²) in [6, 6.07) is 0. The molecular weight excluding hydrogens is 168 g/mol. The van der Waals surface area contributed by atoms with Crippen molar-refractivity contribution in [2.24, 2.45) is 17.8 Å². The molecule has 14 heavy (non-hydrogen) atoms. The summed E-state index contributed by atoms with van der Waals surface area (Å²) in [5, 5.41) is 0. The smallest absolute Gasteiger partial charge is 0.0126 e. The van der Waals surface area contributed by atoms with E-state index in [9.17, 15) is 0 Å². The molecular formula is C14H24. The molecule has 1 aliphatic rings. The minimum atomic E-state index is 0.869. The van der Waals surface area contributed by atoms with E-state index in [1.165, 1.54) is 25.7 Å². The fraction of sp³-hybridized carbons (Fsp3) is 0.857. The zero-order chi connectivity index (χ0) is 10.4. The molecule has 0 heteroatoms. The van der Waals surface area contributed by atoms with Gasteiger partial charge in [-0.2, -0.15) is 0 Å². The van der Waals surface area contributed by atoms with Crippen molar-refractivity contribution in [3.8, 4) is 11.8 Å². The third kappa shape index (κ3) is 3.37. The van der Waals surface area contributed by atoms with Crippen molar-refractivity contribution in [1.82, 2.24) is 0 Å². The van der Waals surface area contributed by atoms with Crippen molar-refractivity contribution in [3.05, 3.63) is 0 Å². The topological polar surface area (TPSA) is 0 Å². The first-order valence-electron chi connectivity index (χ1n) is 6.23. The first-order chi connectivity index (χ1) is 6.77. The molecule has 2 atom stereocenters. The highest BCUT2D eigenvalue weighted by molar-refractivity contribution is 5.08. The molecule has 0 aromatic heterocycles. The highest BCUT2D eigenvalue weighted by atomic mass is 14.2. The van der Waals surface area contributed by atoms with Gasteiger partial charge in [-0.05, 0) is 30.6 Å². The Hall–Kier alpha value is -0.440. The van der Waals surface area contributed by atoms with Crippen LogP contribution in [0.5, 0.6) is 0 Å². The fourth-order valence-electron chi connectivity index (χ4n) is 2.38. The Balaban J connectivity index is 2.20. The zero-order valence-corrected chi connectivity index (χ0v) is 9.97. The molecule has 1 rings (SSSR count). The second-order valence-electron chi connectivity index (χ2n) is 4.76. The maximum absolute atomic E-state index is 3.21. The third-order valence-electron chi connectivity index (χ3n) is 3.83. The summed E-state index contributed by atoms with van der Waals surface area (Å²) in [5.41, 5.74) is 0. The Kier molecular flexibility index (Phi) is 5.09. The molecule has 0 radical (unpaired) electrons. The summed E-state index contributed by atoms with van der Waals surface area (Å²) >= 11 is 0. The van der Waals surface area contributed by atoms with Crippen LogP contribution in [0.4, 0.5) is 0 Å². The van der Waals surface area contributed by atoms with Crippen molar-refractivity contribution in [1.29, 1.82) is 0 Å². The Morgan fingerprint density at radius 3 is 2.29 bits per heavy atom. The van der Waals surface area contributed by atoms with Crippen LogP contribution in [-0.2, 0) is 0 Å². The Morgan fingerprint density at radius 1 is 1.14 bits per heavy atom. The molecule has 0 spiro atoms. The van der Waals surface area contributed by atoms with E-state index in [2.05, 4.69) is 32.6 Å². The minimum Gasteiger partial charge on any atom is -0.103 e. The summed E-state index contributed by atoms with van der Waals surface area (Å²) in [6.07, 6.45) is 7.82. The van der Waals surface area contributed by atoms with Gasteiger partial charge < -0.3 is 0 Å². The van der Waals surface area contributed by atoms with E-state index in [0.717, 1.165) is 30.6 Å². The standard InChI is InChI=1S/C14H24/c1-4-12(3)14(5-2)11-10-13-8-6-7-9-13/h12-14H,4-5,8-11H2,1-3H3. The fourth-order valence-corrected chi connectivity index (χ4v) is 2.38. The number of rotatable bonds is 6. The van der Waals surface area contributed by atoms with Gasteiger partial charge in [0, 0.05) is 12.8 Å². The SMILES string of the molecule is CCC(C)C(CC)CCC1CC#CC1. The monoisotopic (exact) mass is 192 g/mol. The van der Waals surface area contributed by atoms with Crippen LogP contribution in [0.25, 0.3) is 0 Å². The predicted octanol–water partition coefficient (Wildman–Crippen LogP) is 4.25. The van der Waals surface area contributed by atoms with Crippen molar-refractivity contribution in [2.45, 2.75) is 59.3 Å². The van der Waals surface area contributed by atoms with Crippen molar-refractivity contribution >= 4 is 0 Å². The van der Waals surface area contributed by atoms with Crippen LogP contribution in [0.3, 0.4) is 0 Å². The molecule has 0 saturated heterocycles. The zero-order valence-electron chi connectivity index (χ0n) is 9.97. The van der Waals surface area contributed by atoms with Gasteiger partial charge in [0.1, 0.15) is 0 Å². The van der Waals surface area contributed by atoms with Gasteiger partial charge >= 0.3 is 0 Å². The van der Waals surface area contributed by atoms with Gasteiger partial charge in [0.05, 0.1) is 0 Å². The van der Waals surface area contributed by atoms with Gasteiger partial charge in [-0.15, -0.1) is 11.8 Å². The molecule has 0 fully saturated rings. The van der Waals surface area contributed by atoms with Gasteiger partial charge in [0.2, 0.25) is 0 Å². The summed E-state index contributed by atoms with van der Waals surface area (Å²) in [6.45, 7) is 7.05. The Morgan fingerprint density at radius 2 is 1.79 bits per heavy atom. The van der Waals surface area contributed by atoms with Crippen LogP contribution in [0.2, 0.25) is 0 Å². The Bertz CT molecular complexity index is 196. The lowest BCUT2D eigenvalue weighted by Crippen LogP contribution is -2.11. The largest absolute Gasteiger partial charge is 0.103 e. The van der Waals surface area contributed by atoms with E-state index >= 15 is 0 Å². The van der Waals surface area contributed by atoms with E-state index in [4.69, 9.17) is 0 Å². The van der Waals surface area contributed by atoms with Crippen molar-refractivity contribution in [2.75, 3.05) is 0 Å². The Labute approximate surface area is 89.5 Å². The lowest BCUT2D eigenvalue weighted by Gasteiger charge is -2.22. The average molecular weight is 192 g/mol. The molecule has 0 saturated carbocycles. The minimum absolute atomic E-state index is 0.869. The van der Waals surface area contributed by atoms with Crippen molar-refractivity contribution in [3.63, 3.8) is 0 Å². The maximum atomic E-state index is 3.21. The lowest BCUT2D eigenvalue weighted by molar-refractivity contribution is 0.291. The van der Waals surface area contributed by atoms with E-state index in [-0.39, 0.29) is 0 Å². The highest BCUT2D eigenvalue weighted by Gasteiger charge is 2.17. The van der Waals surface area contributed by atoms with E-state index in [1.54, 1.807) is 0 Å². The van der Waals surface area contributed by atoms with Crippen LogP contribution in [-0.4, -0.2) is 0 Å². The van der Waals surface area contributed by atoms with Gasteiger partial charge in [-0.3, -0.25) is 0 Å². The molecule has 0 aliphatic heterocycles. The van der Waals surface area contributed by atoms with Crippen LogP contribution < -0.4 is 0 Å². The number of hydrogen-bond donors (Lipinski definition) is 0. The molecule has 0 amide bonds. The van der Waals surface area contributed by atoms with Gasteiger partial charge in [0.15, 0.2) is 0 Å². The quantitative estimate of drug-likeness (QED) is 0.552. The van der Waals surface area contributed by atoms with Crippen LogP contribution >= 0.6 is 0 Å². The normalized spacial score (nSPS) is 20.2. The average Bonchev–Trinajstić information content (AvgIpc) is 2.71. The third-order valence-corrected chi connectivity index (χ3v) is 3.83. The lowest BCUT2D eigenvalue weighted by atomic mass is 9.83. The molecule has 1 aliphatic carbocycles. The molecule has 0 heterocycles. The van der Waals surface area contributed by atoms with E-state index in [1.807, 2.05) is 0 Å². The summed E-state index contributed by atoms with van der Waals surface area (Å²) < 4.78 is 0. The highest BCUT2D eigenvalue weighted by Crippen LogP contribution is 2.28. The van der Waals surface area contributed by atoms with E-state index in [0.29, 0.717) is 0 Å². The maximum Gasteiger partial charge on any atom is 0.0126 e. The summed E-state index contributed by atoms with van der Waals surface area (Å²) in [5.74, 6) is 9.13. The van der Waals surface area contributed by atoms with Crippen LogP contribution in [0.15, 0.2) is 0 Å². The molecule has 2 unspecified atom stereocenters. The molecule has 80 valence electrons. The summed E-state index contributed by atoms with van der Waals surface area (Å²) in [7, 11) is 0.